The van der Waals surface area contributed by atoms with Gasteiger partial charge in [0.25, 0.3) is 0 Å². The van der Waals surface area contributed by atoms with Gasteiger partial charge >= 0.3 is 0 Å². The fraction of sp³-hybridized carbons (Fsp3) is 0.333. The van der Waals surface area contributed by atoms with E-state index in [-0.39, 0.29) is 11.9 Å². The standard InChI is InChI=1S/C24H28N4O3/c1-5-16(7-8-18(29)6-2)21-14-20-23(31-21)19(10-12-25-20)17-9-11-26-22(13-17)27-15-24(3,4)28-30/h5,7-14,22,26-27H,6,15H2,1-4H3/b8-7-,16-5+. The molecule has 2 aromatic heterocycles. The lowest BCUT2D eigenvalue weighted by atomic mass is 10.0. The van der Waals surface area contributed by atoms with Crippen molar-refractivity contribution in [3.05, 3.63) is 71.1 Å². The molecule has 7 heteroatoms. The summed E-state index contributed by atoms with van der Waals surface area (Å²) >= 11 is 0. The highest BCUT2D eigenvalue weighted by Gasteiger charge is 2.21. The first-order chi connectivity index (χ1) is 14.9. The summed E-state index contributed by atoms with van der Waals surface area (Å²) in [4.78, 5) is 27.0. The molecule has 0 radical (unpaired) electrons. The summed E-state index contributed by atoms with van der Waals surface area (Å²) in [6, 6.07) is 3.80. The number of nitrogens with zero attached hydrogens (tertiary/aromatic N) is 2. The number of nitrogens with one attached hydrogen (secondary N) is 2. The maximum Gasteiger partial charge on any atom is 0.161 e. The van der Waals surface area contributed by atoms with Crippen LogP contribution in [0.4, 0.5) is 0 Å². The van der Waals surface area contributed by atoms with E-state index < -0.39 is 5.54 Å². The van der Waals surface area contributed by atoms with E-state index in [4.69, 9.17) is 4.42 Å². The summed E-state index contributed by atoms with van der Waals surface area (Å²) in [7, 11) is 0. The van der Waals surface area contributed by atoms with E-state index in [2.05, 4.69) is 20.8 Å². The van der Waals surface area contributed by atoms with Gasteiger partial charge < -0.3 is 9.73 Å². The predicted octanol–water partition coefficient (Wildman–Crippen LogP) is 4.73. The van der Waals surface area contributed by atoms with Crippen molar-refractivity contribution in [2.45, 2.75) is 45.8 Å². The number of pyridine rings is 1. The fourth-order valence-corrected chi connectivity index (χ4v) is 3.14. The van der Waals surface area contributed by atoms with E-state index in [1.54, 1.807) is 32.2 Å². The molecule has 0 saturated heterocycles. The van der Waals surface area contributed by atoms with Gasteiger partial charge in [0.1, 0.15) is 16.8 Å². The summed E-state index contributed by atoms with van der Waals surface area (Å²) in [5, 5.41) is 9.67. The predicted molar refractivity (Wildman–Crippen MR) is 124 cm³/mol. The van der Waals surface area contributed by atoms with Gasteiger partial charge in [0.15, 0.2) is 11.4 Å². The lowest BCUT2D eigenvalue weighted by molar-refractivity contribution is -0.114. The maximum atomic E-state index is 11.7. The van der Waals surface area contributed by atoms with Gasteiger partial charge in [-0.3, -0.25) is 15.1 Å². The number of hydrogen-bond donors (Lipinski definition) is 2. The van der Waals surface area contributed by atoms with Crippen molar-refractivity contribution < 1.29 is 9.21 Å². The van der Waals surface area contributed by atoms with E-state index in [1.807, 2.05) is 50.4 Å². The Balaban J connectivity index is 1.91. The van der Waals surface area contributed by atoms with Crippen LogP contribution in [0, 0.1) is 4.91 Å². The second-order valence-corrected chi connectivity index (χ2v) is 7.97. The Hall–Kier alpha value is -3.32. The average molecular weight is 421 g/mol. The molecule has 162 valence electrons. The topological polar surface area (TPSA) is 96.6 Å². The molecule has 0 amide bonds. The zero-order valence-corrected chi connectivity index (χ0v) is 18.3. The van der Waals surface area contributed by atoms with Gasteiger partial charge in [-0.1, -0.05) is 18.2 Å². The van der Waals surface area contributed by atoms with Gasteiger partial charge in [0, 0.05) is 36.4 Å². The molecule has 31 heavy (non-hydrogen) atoms. The molecular formula is C24H28N4O3. The van der Waals surface area contributed by atoms with Crippen LogP contribution in [-0.2, 0) is 4.79 Å². The Morgan fingerprint density at radius 3 is 2.90 bits per heavy atom. The molecule has 0 aromatic carbocycles. The van der Waals surface area contributed by atoms with Gasteiger partial charge in [-0.25, -0.2) is 0 Å². The molecule has 0 saturated carbocycles. The first-order valence-electron chi connectivity index (χ1n) is 10.4. The molecule has 7 nitrogen and oxygen atoms in total. The number of nitroso groups, excluding NO2 is 1. The monoisotopic (exact) mass is 420 g/mol. The molecule has 2 aromatic rings. The Kier molecular flexibility index (Phi) is 6.97. The molecule has 1 aliphatic heterocycles. The average Bonchev–Trinajstić information content (AvgIpc) is 3.22. The number of rotatable bonds is 9. The second-order valence-electron chi connectivity index (χ2n) is 7.97. The molecule has 0 spiro atoms. The molecule has 3 heterocycles. The number of hydrogen-bond acceptors (Lipinski definition) is 7. The Morgan fingerprint density at radius 2 is 2.19 bits per heavy atom. The number of ketones is 1. The van der Waals surface area contributed by atoms with Crippen LogP contribution in [0.5, 0.6) is 0 Å². The molecular weight excluding hydrogens is 392 g/mol. The van der Waals surface area contributed by atoms with Crippen LogP contribution in [-0.4, -0.2) is 29.0 Å². The highest BCUT2D eigenvalue weighted by Crippen LogP contribution is 2.31. The van der Waals surface area contributed by atoms with Gasteiger partial charge in [0.2, 0.25) is 0 Å². The van der Waals surface area contributed by atoms with Crippen LogP contribution >= 0.6 is 0 Å². The number of furan rings is 1. The number of dihydropyridines is 1. The van der Waals surface area contributed by atoms with Crippen molar-refractivity contribution >= 4 is 28.0 Å². The summed E-state index contributed by atoms with van der Waals surface area (Å²) in [5.41, 5.74) is 3.44. The lowest BCUT2D eigenvalue weighted by Gasteiger charge is -2.24. The van der Waals surface area contributed by atoms with E-state index in [9.17, 15) is 9.70 Å². The minimum Gasteiger partial charge on any atom is -0.454 e. The molecule has 1 atom stereocenters. The van der Waals surface area contributed by atoms with Crippen LogP contribution in [0.15, 0.2) is 64.5 Å². The van der Waals surface area contributed by atoms with Crippen molar-refractivity contribution in [1.82, 2.24) is 15.6 Å². The Morgan fingerprint density at radius 1 is 1.39 bits per heavy atom. The Bertz CT molecular complexity index is 1090. The summed E-state index contributed by atoms with van der Waals surface area (Å²) in [6.45, 7) is 7.75. The highest BCUT2D eigenvalue weighted by molar-refractivity contribution is 5.95. The molecule has 1 unspecified atom stereocenters. The van der Waals surface area contributed by atoms with Crippen LogP contribution in [0.1, 0.15) is 45.4 Å². The second kappa shape index (κ2) is 9.66. The van der Waals surface area contributed by atoms with E-state index >= 15 is 0 Å². The van der Waals surface area contributed by atoms with E-state index in [0.29, 0.717) is 24.3 Å². The molecule has 3 rings (SSSR count). The third kappa shape index (κ3) is 5.44. The number of carbonyl (C=O) groups is 1. The number of allylic oxidation sites excluding steroid dienone is 6. The Labute approximate surface area is 182 Å². The molecule has 0 aliphatic carbocycles. The largest absolute Gasteiger partial charge is 0.454 e. The normalized spacial score (nSPS) is 17.1. The number of carbonyl (C=O) groups excluding carboxylic acids is 1. The van der Waals surface area contributed by atoms with Gasteiger partial charge in [-0.15, -0.1) is 0 Å². The van der Waals surface area contributed by atoms with Crippen LogP contribution in [0.25, 0.3) is 22.2 Å². The third-order valence-electron chi connectivity index (χ3n) is 5.00. The first kappa shape index (κ1) is 22.4. The van der Waals surface area contributed by atoms with Crippen molar-refractivity contribution in [2.24, 2.45) is 5.18 Å². The highest BCUT2D eigenvalue weighted by atomic mass is 16.3. The van der Waals surface area contributed by atoms with Crippen LogP contribution in [0.2, 0.25) is 0 Å². The van der Waals surface area contributed by atoms with Crippen molar-refractivity contribution in [3.8, 4) is 0 Å². The van der Waals surface area contributed by atoms with Crippen LogP contribution in [0.3, 0.4) is 0 Å². The SMILES string of the molecule is C/C=C(\C=C/C(=O)CC)c1cc2nccc(C3=CC(NCC(C)(C)N=O)NC=C3)c2o1. The smallest absolute Gasteiger partial charge is 0.161 e. The minimum atomic E-state index is -0.688. The lowest BCUT2D eigenvalue weighted by Crippen LogP contribution is -2.45. The van der Waals surface area contributed by atoms with Crippen molar-refractivity contribution in [1.29, 1.82) is 0 Å². The minimum absolute atomic E-state index is 0.0609. The van der Waals surface area contributed by atoms with E-state index in [0.717, 1.165) is 22.2 Å². The first-order valence-corrected chi connectivity index (χ1v) is 10.4. The molecule has 0 bridgehead atoms. The maximum absolute atomic E-state index is 11.7. The zero-order chi connectivity index (χ0) is 22.4. The molecule has 2 N–H and O–H groups in total. The van der Waals surface area contributed by atoms with Crippen LogP contribution < -0.4 is 10.6 Å². The number of aromatic nitrogens is 1. The van der Waals surface area contributed by atoms with E-state index in [1.165, 1.54) is 0 Å². The van der Waals surface area contributed by atoms with Crippen molar-refractivity contribution in [2.75, 3.05) is 6.54 Å². The van der Waals surface area contributed by atoms with Gasteiger partial charge in [0.05, 0.1) is 6.17 Å². The fourth-order valence-electron chi connectivity index (χ4n) is 3.14. The number of fused-ring (bicyclic) bond motifs is 1. The molecule has 0 fully saturated rings. The van der Waals surface area contributed by atoms with Gasteiger partial charge in [-0.05, 0) is 62.9 Å². The quantitative estimate of drug-likeness (QED) is 0.346. The van der Waals surface area contributed by atoms with Gasteiger partial charge in [-0.2, -0.15) is 4.91 Å². The summed E-state index contributed by atoms with van der Waals surface area (Å²) in [5.74, 6) is 0.718. The van der Waals surface area contributed by atoms with Crippen molar-refractivity contribution in [3.63, 3.8) is 0 Å². The zero-order valence-electron chi connectivity index (χ0n) is 18.3. The third-order valence-corrected chi connectivity index (χ3v) is 5.00. The summed E-state index contributed by atoms with van der Waals surface area (Å²) < 4.78 is 6.17. The molecule has 1 aliphatic rings. The summed E-state index contributed by atoms with van der Waals surface area (Å²) in [6.07, 6.45) is 13.2.